The average Bonchev–Trinajstić information content (AvgIpc) is 2.26. The second kappa shape index (κ2) is 6.51. The molecule has 1 heterocycles. The van der Waals surface area contributed by atoms with E-state index in [0.717, 1.165) is 19.3 Å². The van der Waals surface area contributed by atoms with Gasteiger partial charge >= 0.3 is 0 Å². The second-order valence-corrected chi connectivity index (χ2v) is 3.71. The van der Waals surface area contributed by atoms with Gasteiger partial charge in [-0.1, -0.05) is 20.3 Å². The lowest BCUT2D eigenvalue weighted by Gasteiger charge is -2.15. The average molecular weight is 210 g/mol. The molecule has 1 aromatic rings. The molecule has 0 spiro atoms. The van der Waals surface area contributed by atoms with Crippen molar-refractivity contribution in [1.29, 1.82) is 0 Å². The molecule has 1 atom stereocenters. The first-order valence-electron chi connectivity index (χ1n) is 5.60. The number of halogens is 1. The second-order valence-electron chi connectivity index (χ2n) is 3.71. The van der Waals surface area contributed by atoms with Gasteiger partial charge in [-0.15, -0.1) is 0 Å². The minimum atomic E-state index is -0.226. The van der Waals surface area contributed by atoms with E-state index in [2.05, 4.69) is 24.1 Å². The fourth-order valence-electron chi connectivity index (χ4n) is 1.59. The highest BCUT2D eigenvalue weighted by Crippen LogP contribution is 2.05. The number of rotatable bonds is 6. The molecule has 0 fully saturated rings. The zero-order chi connectivity index (χ0) is 11.1. The van der Waals surface area contributed by atoms with Crippen LogP contribution in [0.3, 0.4) is 0 Å². The fourth-order valence-corrected chi connectivity index (χ4v) is 1.59. The van der Waals surface area contributed by atoms with Gasteiger partial charge in [0.2, 0.25) is 0 Å². The zero-order valence-corrected chi connectivity index (χ0v) is 9.46. The van der Waals surface area contributed by atoms with Crippen molar-refractivity contribution in [1.82, 2.24) is 10.3 Å². The Hall–Kier alpha value is -0.960. The van der Waals surface area contributed by atoms with Crippen LogP contribution in [0.1, 0.15) is 38.8 Å². The van der Waals surface area contributed by atoms with Crippen molar-refractivity contribution in [3.63, 3.8) is 0 Å². The van der Waals surface area contributed by atoms with Gasteiger partial charge in [0.25, 0.3) is 0 Å². The van der Waals surface area contributed by atoms with E-state index in [-0.39, 0.29) is 5.82 Å². The summed E-state index contributed by atoms with van der Waals surface area (Å²) in [7, 11) is 0. The quantitative estimate of drug-likeness (QED) is 0.781. The van der Waals surface area contributed by atoms with E-state index in [9.17, 15) is 4.39 Å². The lowest BCUT2D eigenvalue weighted by Crippen LogP contribution is -2.28. The molecule has 0 amide bonds. The van der Waals surface area contributed by atoms with Crippen LogP contribution in [-0.2, 0) is 6.54 Å². The largest absolute Gasteiger partial charge is 0.308 e. The minimum absolute atomic E-state index is 0.226. The summed E-state index contributed by atoms with van der Waals surface area (Å²) < 4.78 is 13.2. The molecule has 0 aromatic carbocycles. The first kappa shape index (κ1) is 12.1. The third-order valence-corrected chi connectivity index (χ3v) is 2.52. The number of pyridine rings is 1. The number of aromatic nitrogens is 1. The predicted molar refractivity (Wildman–Crippen MR) is 60.0 cm³/mol. The molecule has 1 aromatic heterocycles. The van der Waals surface area contributed by atoms with E-state index in [1.807, 2.05) is 0 Å². The Kier molecular flexibility index (Phi) is 5.26. The van der Waals surface area contributed by atoms with Crippen LogP contribution in [0.5, 0.6) is 0 Å². The Bertz CT molecular complexity index is 289. The maximum atomic E-state index is 13.2. The molecule has 0 aliphatic heterocycles. The van der Waals surface area contributed by atoms with Gasteiger partial charge in [-0.05, 0) is 25.0 Å². The Labute approximate surface area is 90.9 Å². The van der Waals surface area contributed by atoms with E-state index in [1.54, 1.807) is 12.3 Å². The Balaban J connectivity index is 2.45. The van der Waals surface area contributed by atoms with E-state index in [1.165, 1.54) is 6.07 Å². The molecule has 15 heavy (non-hydrogen) atoms. The molecule has 3 heteroatoms. The first-order valence-corrected chi connectivity index (χ1v) is 5.60. The maximum Gasteiger partial charge on any atom is 0.146 e. The van der Waals surface area contributed by atoms with Crippen molar-refractivity contribution in [2.45, 2.75) is 45.7 Å². The Morgan fingerprint density at radius 3 is 2.87 bits per heavy atom. The van der Waals surface area contributed by atoms with Crippen molar-refractivity contribution in [2.75, 3.05) is 0 Å². The summed E-state index contributed by atoms with van der Waals surface area (Å²) >= 11 is 0. The van der Waals surface area contributed by atoms with Crippen LogP contribution in [-0.4, -0.2) is 11.0 Å². The molecule has 1 unspecified atom stereocenters. The predicted octanol–water partition coefficient (Wildman–Crippen LogP) is 2.89. The lowest BCUT2D eigenvalue weighted by atomic mass is 10.1. The minimum Gasteiger partial charge on any atom is -0.308 e. The van der Waals surface area contributed by atoms with E-state index < -0.39 is 0 Å². The summed E-state index contributed by atoms with van der Waals surface area (Å²) in [4.78, 5) is 4.01. The van der Waals surface area contributed by atoms with Gasteiger partial charge in [-0.25, -0.2) is 4.39 Å². The van der Waals surface area contributed by atoms with Gasteiger partial charge in [-0.3, -0.25) is 4.98 Å². The van der Waals surface area contributed by atoms with Crippen LogP contribution in [0.25, 0.3) is 0 Å². The monoisotopic (exact) mass is 210 g/mol. The number of hydrogen-bond donors (Lipinski definition) is 1. The Morgan fingerprint density at radius 2 is 2.27 bits per heavy atom. The molecule has 1 rings (SSSR count). The van der Waals surface area contributed by atoms with Crippen LogP contribution in [0.2, 0.25) is 0 Å². The SMILES string of the molecule is CCCC(CC)NCc1ncccc1F. The third kappa shape index (κ3) is 3.96. The smallest absolute Gasteiger partial charge is 0.146 e. The molecule has 0 aliphatic carbocycles. The first-order chi connectivity index (χ1) is 7.27. The van der Waals surface area contributed by atoms with Gasteiger partial charge < -0.3 is 5.32 Å². The molecular weight excluding hydrogens is 191 g/mol. The van der Waals surface area contributed by atoms with Crippen LogP contribution in [0, 0.1) is 5.82 Å². The summed E-state index contributed by atoms with van der Waals surface area (Å²) in [6.45, 7) is 4.82. The normalized spacial score (nSPS) is 12.7. The standard InChI is InChI=1S/C12H19FN2/c1-3-6-10(4-2)15-9-12-11(13)7-5-8-14-12/h5,7-8,10,15H,3-4,6,9H2,1-2H3. The summed E-state index contributed by atoms with van der Waals surface area (Å²) in [5.41, 5.74) is 0.507. The molecule has 2 nitrogen and oxygen atoms in total. The molecule has 0 aliphatic rings. The maximum absolute atomic E-state index is 13.2. The van der Waals surface area contributed by atoms with Crippen molar-refractivity contribution in [3.05, 3.63) is 29.8 Å². The van der Waals surface area contributed by atoms with Gasteiger partial charge in [0.15, 0.2) is 0 Å². The molecule has 0 saturated heterocycles. The van der Waals surface area contributed by atoms with Gasteiger partial charge in [0.1, 0.15) is 5.82 Å². The number of hydrogen-bond acceptors (Lipinski definition) is 2. The van der Waals surface area contributed by atoms with E-state index >= 15 is 0 Å². The van der Waals surface area contributed by atoms with E-state index in [0.29, 0.717) is 18.3 Å². The molecule has 0 bridgehead atoms. The summed E-state index contributed by atoms with van der Waals surface area (Å²) in [5.74, 6) is -0.226. The molecule has 0 saturated carbocycles. The molecule has 0 radical (unpaired) electrons. The molecule has 1 N–H and O–H groups in total. The zero-order valence-electron chi connectivity index (χ0n) is 9.46. The van der Waals surface area contributed by atoms with Crippen molar-refractivity contribution >= 4 is 0 Å². The Morgan fingerprint density at radius 1 is 1.47 bits per heavy atom. The van der Waals surface area contributed by atoms with Crippen molar-refractivity contribution in [3.8, 4) is 0 Å². The summed E-state index contributed by atoms with van der Waals surface area (Å²) in [6.07, 6.45) is 4.98. The highest BCUT2D eigenvalue weighted by atomic mass is 19.1. The highest BCUT2D eigenvalue weighted by Gasteiger charge is 2.06. The van der Waals surface area contributed by atoms with Crippen molar-refractivity contribution in [2.24, 2.45) is 0 Å². The highest BCUT2D eigenvalue weighted by molar-refractivity contribution is 5.06. The van der Waals surface area contributed by atoms with Crippen LogP contribution in [0.15, 0.2) is 18.3 Å². The summed E-state index contributed by atoms with van der Waals surface area (Å²) in [5, 5.41) is 3.32. The van der Waals surface area contributed by atoms with Gasteiger partial charge in [0.05, 0.1) is 5.69 Å². The number of nitrogens with one attached hydrogen (secondary N) is 1. The molecular formula is C12H19FN2. The summed E-state index contributed by atoms with van der Waals surface area (Å²) in [6, 6.07) is 3.53. The van der Waals surface area contributed by atoms with Crippen LogP contribution < -0.4 is 5.32 Å². The van der Waals surface area contributed by atoms with Crippen molar-refractivity contribution < 1.29 is 4.39 Å². The van der Waals surface area contributed by atoms with Gasteiger partial charge in [-0.2, -0.15) is 0 Å². The van der Waals surface area contributed by atoms with Gasteiger partial charge in [0, 0.05) is 18.8 Å². The topological polar surface area (TPSA) is 24.9 Å². The van der Waals surface area contributed by atoms with Crippen LogP contribution >= 0.6 is 0 Å². The third-order valence-electron chi connectivity index (χ3n) is 2.52. The fraction of sp³-hybridized carbons (Fsp3) is 0.583. The lowest BCUT2D eigenvalue weighted by molar-refractivity contribution is 0.451. The van der Waals surface area contributed by atoms with E-state index in [4.69, 9.17) is 0 Å². The van der Waals surface area contributed by atoms with Crippen LogP contribution in [0.4, 0.5) is 4.39 Å². The number of nitrogens with zero attached hydrogens (tertiary/aromatic N) is 1. The molecule has 84 valence electrons.